The minimum absolute atomic E-state index is 0.102. The van der Waals surface area contributed by atoms with Crippen molar-refractivity contribution in [1.82, 2.24) is 5.32 Å². The number of carbonyl (C=O) groups excluding carboxylic acids is 1. The Bertz CT molecular complexity index is 843. The molecule has 1 amide bonds. The molecule has 5 atom stereocenters. The second-order valence-corrected chi connectivity index (χ2v) is 6.91. The van der Waals surface area contributed by atoms with E-state index in [4.69, 9.17) is 9.47 Å². The number of aliphatic hydroxyl groups excluding tert-OH is 4. The highest BCUT2D eigenvalue weighted by Crippen LogP contribution is 2.33. The van der Waals surface area contributed by atoms with Gasteiger partial charge in [-0.25, -0.2) is 0 Å². The van der Waals surface area contributed by atoms with E-state index in [0.29, 0.717) is 11.3 Å². The lowest BCUT2D eigenvalue weighted by atomic mass is 9.96. The topological polar surface area (TPSA) is 128 Å². The Kier molecular flexibility index (Phi) is 6.83. The number of hydrogen-bond acceptors (Lipinski definition) is 7. The van der Waals surface area contributed by atoms with Crippen molar-refractivity contribution < 1.29 is 34.7 Å². The first-order valence-electron chi connectivity index (χ1n) is 9.30. The van der Waals surface area contributed by atoms with Gasteiger partial charge in [0.15, 0.2) is 0 Å². The Morgan fingerprint density at radius 1 is 1.10 bits per heavy atom. The number of nitrogens with one attached hydrogen (secondary N) is 1. The molecule has 0 aliphatic carbocycles. The van der Waals surface area contributed by atoms with Crippen LogP contribution in [0.25, 0.3) is 11.1 Å². The third-order valence-corrected chi connectivity index (χ3v) is 4.80. The highest BCUT2D eigenvalue weighted by molar-refractivity contribution is 5.73. The molecule has 0 aromatic heterocycles. The summed E-state index contributed by atoms with van der Waals surface area (Å²) in [7, 11) is 0. The molecule has 2 aromatic rings. The number of benzene rings is 2. The zero-order valence-electron chi connectivity index (χ0n) is 15.9. The van der Waals surface area contributed by atoms with E-state index in [1.807, 2.05) is 30.3 Å². The summed E-state index contributed by atoms with van der Waals surface area (Å²) in [6.07, 6.45) is -4.98. The first kappa shape index (κ1) is 21.2. The number of para-hydroxylation sites is 1. The van der Waals surface area contributed by atoms with Gasteiger partial charge in [0.1, 0.15) is 30.1 Å². The fraction of sp³-hybridized carbons (Fsp3) is 0.381. The minimum Gasteiger partial charge on any atom is -0.462 e. The summed E-state index contributed by atoms with van der Waals surface area (Å²) in [5.74, 6) is -0.00643. The van der Waals surface area contributed by atoms with Crippen LogP contribution < -0.4 is 10.1 Å². The Hall–Kier alpha value is -2.49. The largest absolute Gasteiger partial charge is 0.462 e. The molecule has 1 aliphatic heterocycles. The second-order valence-electron chi connectivity index (χ2n) is 6.91. The number of carbonyl (C=O) groups is 1. The normalized spacial score (nSPS) is 26.7. The average Bonchev–Trinajstić information content (AvgIpc) is 2.73. The zero-order valence-corrected chi connectivity index (χ0v) is 15.9. The van der Waals surface area contributed by atoms with Crippen LogP contribution in [0.2, 0.25) is 0 Å². The van der Waals surface area contributed by atoms with Crippen molar-refractivity contribution in [3.05, 3.63) is 54.1 Å². The Balaban J connectivity index is 1.93. The summed E-state index contributed by atoms with van der Waals surface area (Å²) in [6.45, 7) is 0.656. The standard InChI is InChI=1S/C21H25NO7/c1-12(25)22-18-20(27)19(26)17(11-24)29-21(18)28-16-8-3-2-7-15(16)14-6-4-5-13(9-14)10-23/h2-9,17-21,23-24,26-27H,10-11H2,1H3,(H,22,25)/t17-,18-,19+,20-,21-/m1/s1. The predicted octanol–water partition coefficient (Wildman–Crippen LogP) is 0.168. The van der Waals surface area contributed by atoms with Crippen molar-refractivity contribution in [2.75, 3.05) is 6.61 Å². The van der Waals surface area contributed by atoms with Gasteiger partial charge in [-0.1, -0.05) is 36.4 Å². The summed E-state index contributed by atoms with van der Waals surface area (Å²) < 4.78 is 11.6. The molecule has 1 aliphatic rings. The molecule has 0 radical (unpaired) electrons. The van der Waals surface area contributed by atoms with Crippen molar-refractivity contribution in [3.8, 4) is 16.9 Å². The third kappa shape index (κ3) is 4.75. The molecule has 0 spiro atoms. The maximum atomic E-state index is 11.6. The van der Waals surface area contributed by atoms with Gasteiger partial charge in [-0.2, -0.15) is 0 Å². The molecule has 156 valence electrons. The van der Waals surface area contributed by atoms with E-state index >= 15 is 0 Å². The first-order valence-corrected chi connectivity index (χ1v) is 9.30. The van der Waals surface area contributed by atoms with E-state index in [9.17, 15) is 25.2 Å². The SMILES string of the molecule is CC(=O)N[C@H]1[C@H](Oc2ccccc2-c2cccc(CO)c2)O[C@H](CO)[C@H](O)[C@@H]1O. The minimum atomic E-state index is -1.39. The highest BCUT2D eigenvalue weighted by atomic mass is 16.7. The average molecular weight is 403 g/mol. The molecule has 8 nitrogen and oxygen atoms in total. The molecule has 0 saturated carbocycles. The Labute approximate surface area is 168 Å². The molecule has 5 N–H and O–H groups in total. The van der Waals surface area contributed by atoms with E-state index in [1.165, 1.54) is 6.92 Å². The van der Waals surface area contributed by atoms with Crippen molar-refractivity contribution in [1.29, 1.82) is 0 Å². The van der Waals surface area contributed by atoms with Gasteiger partial charge in [0.25, 0.3) is 0 Å². The lowest BCUT2D eigenvalue weighted by Gasteiger charge is -2.42. The van der Waals surface area contributed by atoms with Crippen molar-refractivity contribution in [2.24, 2.45) is 0 Å². The monoisotopic (exact) mass is 403 g/mol. The number of hydrogen-bond donors (Lipinski definition) is 5. The Morgan fingerprint density at radius 2 is 1.86 bits per heavy atom. The maximum absolute atomic E-state index is 11.6. The molecule has 8 heteroatoms. The molecule has 3 rings (SSSR count). The molecular weight excluding hydrogens is 378 g/mol. The van der Waals surface area contributed by atoms with Gasteiger partial charge < -0.3 is 35.2 Å². The zero-order chi connectivity index (χ0) is 21.0. The predicted molar refractivity (Wildman–Crippen MR) is 104 cm³/mol. The maximum Gasteiger partial charge on any atom is 0.223 e. The van der Waals surface area contributed by atoms with Crippen LogP contribution in [-0.4, -0.2) is 63.6 Å². The molecular formula is C21H25NO7. The number of amides is 1. The summed E-state index contributed by atoms with van der Waals surface area (Å²) in [4.78, 5) is 11.6. The fourth-order valence-electron chi connectivity index (χ4n) is 3.34. The highest BCUT2D eigenvalue weighted by Gasteiger charge is 2.46. The number of ether oxygens (including phenoxy) is 2. The van der Waals surface area contributed by atoms with Gasteiger partial charge in [-0.3, -0.25) is 4.79 Å². The van der Waals surface area contributed by atoms with Gasteiger partial charge >= 0.3 is 0 Å². The molecule has 1 fully saturated rings. The fourth-order valence-corrected chi connectivity index (χ4v) is 3.34. The van der Waals surface area contributed by atoms with Gasteiger partial charge in [-0.15, -0.1) is 0 Å². The van der Waals surface area contributed by atoms with Crippen molar-refractivity contribution >= 4 is 5.91 Å². The van der Waals surface area contributed by atoms with Crippen LogP contribution in [0.4, 0.5) is 0 Å². The van der Waals surface area contributed by atoms with E-state index < -0.39 is 43.2 Å². The molecule has 29 heavy (non-hydrogen) atoms. The van der Waals surface area contributed by atoms with E-state index in [-0.39, 0.29) is 6.61 Å². The van der Waals surface area contributed by atoms with Gasteiger partial charge in [0, 0.05) is 12.5 Å². The molecule has 1 saturated heterocycles. The van der Waals surface area contributed by atoms with Crippen LogP contribution in [-0.2, 0) is 16.1 Å². The molecule has 1 heterocycles. The summed E-state index contributed by atoms with van der Waals surface area (Å²) in [5.41, 5.74) is 2.26. The summed E-state index contributed by atoms with van der Waals surface area (Å²) in [6, 6.07) is 13.4. The lowest BCUT2D eigenvalue weighted by molar-refractivity contribution is -0.244. The van der Waals surface area contributed by atoms with E-state index in [0.717, 1.165) is 11.1 Å². The van der Waals surface area contributed by atoms with Gasteiger partial charge in [-0.05, 0) is 23.3 Å². The molecule has 0 bridgehead atoms. The van der Waals surface area contributed by atoms with Crippen LogP contribution in [0.1, 0.15) is 12.5 Å². The first-order chi connectivity index (χ1) is 13.9. The summed E-state index contributed by atoms with van der Waals surface area (Å²) in [5, 5.41) is 42.0. The number of rotatable bonds is 6. The molecule has 0 unspecified atom stereocenters. The van der Waals surface area contributed by atoms with Crippen LogP contribution in [0.15, 0.2) is 48.5 Å². The Morgan fingerprint density at radius 3 is 2.55 bits per heavy atom. The van der Waals surface area contributed by atoms with Crippen LogP contribution in [0.3, 0.4) is 0 Å². The second kappa shape index (κ2) is 9.34. The van der Waals surface area contributed by atoms with Gasteiger partial charge in [0.05, 0.1) is 13.2 Å². The van der Waals surface area contributed by atoms with Crippen molar-refractivity contribution in [2.45, 2.75) is 44.2 Å². The van der Waals surface area contributed by atoms with Gasteiger partial charge in [0.2, 0.25) is 12.2 Å². The lowest BCUT2D eigenvalue weighted by Crippen LogP contribution is -2.65. The summed E-state index contributed by atoms with van der Waals surface area (Å²) >= 11 is 0. The van der Waals surface area contributed by atoms with E-state index in [2.05, 4.69) is 5.32 Å². The van der Waals surface area contributed by atoms with Crippen LogP contribution in [0.5, 0.6) is 5.75 Å². The smallest absolute Gasteiger partial charge is 0.223 e. The van der Waals surface area contributed by atoms with Crippen molar-refractivity contribution in [3.63, 3.8) is 0 Å². The van der Waals surface area contributed by atoms with Crippen LogP contribution >= 0.6 is 0 Å². The number of aliphatic hydroxyl groups is 4. The molecule has 2 aromatic carbocycles. The van der Waals surface area contributed by atoms with Crippen LogP contribution in [0, 0.1) is 0 Å². The quantitative estimate of drug-likeness (QED) is 0.465. The third-order valence-electron chi connectivity index (χ3n) is 4.80. The van der Waals surface area contributed by atoms with E-state index in [1.54, 1.807) is 18.2 Å².